The molecule has 1 N–H and O–H groups in total. The van der Waals surface area contributed by atoms with E-state index in [1.165, 1.54) is 0 Å². The molecule has 0 saturated carbocycles. The Morgan fingerprint density at radius 3 is 2.45 bits per heavy atom. The SMILES string of the molecule is O=C1CC2(CCN(C(=O)c3nc(-c4ccccc4)n(-c4ccccc4)n3)C2)CN1. The zero-order chi connectivity index (χ0) is 19.8. The van der Waals surface area contributed by atoms with Crippen LogP contribution in [-0.2, 0) is 4.79 Å². The van der Waals surface area contributed by atoms with Crippen LogP contribution in [0.3, 0.4) is 0 Å². The van der Waals surface area contributed by atoms with Crippen molar-refractivity contribution >= 4 is 11.8 Å². The van der Waals surface area contributed by atoms with Crippen molar-refractivity contribution in [3.8, 4) is 17.1 Å². The van der Waals surface area contributed by atoms with Crippen LogP contribution >= 0.6 is 0 Å². The van der Waals surface area contributed by atoms with Gasteiger partial charge in [0.1, 0.15) is 0 Å². The topological polar surface area (TPSA) is 80.1 Å². The summed E-state index contributed by atoms with van der Waals surface area (Å²) in [7, 11) is 0. The molecule has 1 unspecified atom stereocenters. The van der Waals surface area contributed by atoms with Gasteiger partial charge in [-0.15, -0.1) is 5.10 Å². The molecule has 146 valence electrons. The lowest BCUT2D eigenvalue weighted by Gasteiger charge is -2.20. The zero-order valence-electron chi connectivity index (χ0n) is 15.9. The first-order valence-corrected chi connectivity index (χ1v) is 9.78. The van der Waals surface area contributed by atoms with E-state index in [2.05, 4.69) is 15.4 Å². The highest BCUT2D eigenvalue weighted by Gasteiger charge is 2.45. The summed E-state index contributed by atoms with van der Waals surface area (Å²) >= 11 is 0. The summed E-state index contributed by atoms with van der Waals surface area (Å²) in [5.74, 6) is 0.694. The monoisotopic (exact) mass is 387 g/mol. The zero-order valence-corrected chi connectivity index (χ0v) is 15.9. The second-order valence-electron chi connectivity index (χ2n) is 7.80. The van der Waals surface area contributed by atoms with Crippen LogP contribution < -0.4 is 5.32 Å². The van der Waals surface area contributed by atoms with Gasteiger partial charge in [0, 0.05) is 37.0 Å². The lowest BCUT2D eigenvalue weighted by atomic mass is 9.86. The largest absolute Gasteiger partial charge is 0.355 e. The summed E-state index contributed by atoms with van der Waals surface area (Å²) in [5, 5.41) is 7.46. The molecule has 3 aromatic rings. The van der Waals surface area contributed by atoms with Crippen molar-refractivity contribution in [2.45, 2.75) is 12.8 Å². The molecule has 0 bridgehead atoms. The average molecular weight is 387 g/mol. The van der Waals surface area contributed by atoms with Crippen LogP contribution in [0, 0.1) is 5.41 Å². The molecular weight excluding hydrogens is 366 g/mol. The van der Waals surface area contributed by atoms with E-state index in [0.29, 0.717) is 31.9 Å². The van der Waals surface area contributed by atoms with Crippen LogP contribution in [0.15, 0.2) is 60.7 Å². The van der Waals surface area contributed by atoms with E-state index in [4.69, 9.17) is 0 Å². The maximum atomic E-state index is 13.2. The Labute approximate surface area is 168 Å². The van der Waals surface area contributed by atoms with Gasteiger partial charge in [-0.3, -0.25) is 9.59 Å². The third kappa shape index (κ3) is 3.18. The molecule has 2 aromatic carbocycles. The maximum absolute atomic E-state index is 13.2. The lowest BCUT2D eigenvalue weighted by molar-refractivity contribution is -0.119. The minimum atomic E-state index is -0.187. The normalized spacial score (nSPS) is 21.0. The first kappa shape index (κ1) is 17.6. The molecule has 0 radical (unpaired) electrons. The highest BCUT2D eigenvalue weighted by molar-refractivity contribution is 5.91. The van der Waals surface area contributed by atoms with E-state index in [1.807, 2.05) is 60.7 Å². The molecule has 5 rings (SSSR count). The van der Waals surface area contributed by atoms with Crippen molar-refractivity contribution in [3.05, 3.63) is 66.5 Å². The fraction of sp³-hybridized carbons (Fsp3) is 0.273. The highest BCUT2D eigenvalue weighted by atomic mass is 16.2. The molecule has 2 fully saturated rings. The van der Waals surface area contributed by atoms with E-state index in [9.17, 15) is 9.59 Å². The molecule has 2 aliphatic rings. The Balaban J connectivity index is 1.49. The Morgan fingerprint density at radius 2 is 1.76 bits per heavy atom. The van der Waals surface area contributed by atoms with Gasteiger partial charge in [-0.1, -0.05) is 48.5 Å². The van der Waals surface area contributed by atoms with Gasteiger partial charge in [-0.2, -0.15) is 0 Å². The van der Waals surface area contributed by atoms with Gasteiger partial charge in [0.15, 0.2) is 5.82 Å². The molecular formula is C22H21N5O2. The fourth-order valence-corrected chi connectivity index (χ4v) is 4.22. The number of aromatic nitrogens is 3. The number of carbonyl (C=O) groups excluding carboxylic acids is 2. The van der Waals surface area contributed by atoms with Gasteiger partial charge in [-0.05, 0) is 18.6 Å². The summed E-state index contributed by atoms with van der Waals surface area (Å²) in [6.07, 6.45) is 1.31. The summed E-state index contributed by atoms with van der Waals surface area (Å²) in [4.78, 5) is 31.2. The van der Waals surface area contributed by atoms with Crippen molar-refractivity contribution in [1.29, 1.82) is 0 Å². The van der Waals surface area contributed by atoms with Crippen molar-refractivity contribution in [2.24, 2.45) is 5.41 Å². The standard InChI is InChI=1S/C22H21N5O2/c28-18-13-22(14-23-18)11-12-26(15-22)21(29)19-24-20(16-7-3-1-4-8-16)27(25-19)17-9-5-2-6-10-17/h1-10H,11-15H2,(H,23,28). The smallest absolute Gasteiger partial charge is 0.293 e. The second kappa shape index (κ2) is 6.84. The molecule has 2 amide bonds. The number of nitrogens with one attached hydrogen (secondary N) is 1. The van der Waals surface area contributed by atoms with Crippen LogP contribution in [0.2, 0.25) is 0 Å². The number of nitrogens with zero attached hydrogens (tertiary/aromatic N) is 4. The van der Waals surface area contributed by atoms with E-state index in [0.717, 1.165) is 17.7 Å². The van der Waals surface area contributed by atoms with Crippen LogP contribution in [0.25, 0.3) is 17.1 Å². The predicted octanol–water partition coefficient (Wildman–Crippen LogP) is 2.29. The Bertz CT molecular complexity index is 1010. The predicted molar refractivity (Wildman–Crippen MR) is 107 cm³/mol. The number of likely N-dealkylation sites (tertiary alicyclic amines) is 1. The van der Waals surface area contributed by atoms with E-state index in [1.54, 1.807) is 9.58 Å². The van der Waals surface area contributed by atoms with Crippen LogP contribution in [-0.4, -0.2) is 51.1 Å². The van der Waals surface area contributed by atoms with Crippen LogP contribution in [0.5, 0.6) is 0 Å². The quantitative estimate of drug-likeness (QED) is 0.748. The summed E-state index contributed by atoms with van der Waals surface area (Å²) in [6.45, 7) is 1.82. The number of rotatable bonds is 3. The lowest BCUT2D eigenvalue weighted by Crippen LogP contribution is -2.33. The van der Waals surface area contributed by atoms with Gasteiger partial charge in [-0.25, -0.2) is 9.67 Å². The fourth-order valence-electron chi connectivity index (χ4n) is 4.22. The molecule has 29 heavy (non-hydrogen) atoms. The van der Waals surface area contributed by atoms with Crippen LogP contribution in [0.4, 0.5) is 0 Å². The number of benzene rings is 2. The first-order chi connectivity index (χ1) is 14.1. The number of carbonyl (C=O) groups is 2. The summed E-state index contributed by atoms with van der Waals surface area (Å²) < 4.78 is 1.72. The van der Waals surface area contributed by atoms with Crippen LogP contribution in [0.1, 0.15) is 23.5 Å². The molecule has 3 heterocycles. The number of hydrogen-bond acceptors (Lipinski definition) is 4. The average Bonchev–Trinajstić information content (AvgIpc) is 3.48. The minimum absolute atomic E-state index is 0.0668. The third-order valence-electron chi connectivity index (χ3n) is 5.75. The molecule has 7 nitrogen and oxygen atoms in total. The molecule has 1 atom stereocenters. The molecule has 1 spiro atoms. The number of amides is 2. The second-order valence-corrected chi connectivity index (χ2v) is 7.80. The van der Waals surface area contributed by atoms with Gasteiger partial charge in [0.2, 0.25) is 11.7 Å². The van der Waals surface area contributed by atoms with E-state index in [-0.39, 0.29) is 23.1 Å². The van der Waals surface area contributed by atoms with Gasteiger partial charge in [0.05, 0.1) is 5.69 Å². The van der Waals surface area contributed by atoms with Gasteiger partial charge < -0.3 is 10.2 Å². The summed E-state index contributed by atoms with van der Waals surface area (Å²) in [5.41, 5.74) is 1.60. The van der Waals surface area contributed by atoms with E-state index >= 15 is 0 Å². The number of para-hydroxylation sites is 1. The molecule has 7 heteroatoms. The third-order valence-corrected chi connectivity index (χ3v) is 5.75. The van der Waals surface area contributed by atoms with Crippen molar-refractivity contribution < 1.29 is 9.59 Å². The first-order valence-electron chi connectivity index (χ1n) is 9.78. The molecule has 1 aromatic heterocycles. The molecule has 2 aliphatic heterocycles. The molecule has 2 saturated heterocycles. The highest BCUT2D eigenvalue weighted by Crippen LogP contribution is 2.37. The summed E-state index contributed by atoms with van der Waals surface area (Å²) in [6, 6.07) is 19.4. The van der Waals surface area contributed by atoms with E-state index < -0.39 is 0 Å². The maximum Gasteiger partial charge on any atom is 0.293 e. The van der Waals surface area contributed by atoms with Gasteiger partial charge in [0.25, 0.3) is 5.91 Å². The number of hydrogen-bond donors (Lipinski definition) is 1. The minimum Gasteiger partial charge on any atom is -0.355 e. The van der Waals surface area contributed by atoms with Gasteiger partial charge >= 0.3 is 0 Å². The Morgan fingerprint density at radius 1 is 1.03 bits per heavy atom. The van der Waals surface area contributed by atoms with Crippen molar-refractivity contribution in [1.82, 2.24) is 25.0 Å². The Kier molecular flexibility index (Phi) is 4.16. The Hall–Kier alpha value is -3.48. The molecule has 0 aliphatic carbocycles. The van der Waals surface area contributed by atoms with Crippen molar-refractivity contribution in [2.75, 3.05) is 19.6 Å². The van der Waals surface area contributed by atoms with Crippen molar-refractivity contribution in [3.63, 3.8) is 0 Å².